The van der Waals surface area contributed by atoms with Gasteiger partial charge in [0.2, 0.25) is 5.88 Å². The summed E-state index contributed by atoms with van der Waals surface area (Å²) in [4.78, 5) is 32.6. The molecule has 0 aliphatic carbocycles. The van der Waals surface area contributed by atoms with Crippen LogP contribution in [0.2, 0.25) is 0 Å². The second kappa shape index (κ2) is 10.1. The maximum absolute atomic E-state index is 12.2. The van der Waals surface area contributed by atoms with Crippen molar-refractivity contribution in [3.8, 4) is 17.4 Å². The zero-order chi connectivity index (χ0) is 24.0. The van der Waals surface area contributed by atoms with Crippen molar-refractivity contribution >= 4 is 28.7 Å². The lowest BCUT2D eigenvalue weighted by molar-refractivity contribution is -0.132. The second-order valence-corrected chi connectivity index (χ2v) is 8.14. The van der Waals surface area contributed by atoms with Crippen LogP contribution in [-0.2, 0) is 20.7 Å². The Morgan fingerprint density at radius 3 is 2.36 bits per heavy atom. The third kappa shape index (κ3) is 6.52. The maximum atomic E-state index is 12.2. The van der Waals surface area contributed by atoms with Crippen molar-refractivity contribution in [3.63, 3.8) is 0 Å². The molecule has 0 saturated carbocycles. The van der Waals surface area contributed by atoms with Crippen LogP contribution in [0.25, 0.3) is 10.9 Å². The van der Waals surface area contributed by atoms with E-state index in [1.54, 1.807) is 52.1 Å². The summed E-state index contributed by atoms with van der Waals surface area (Å²) in [6, 6.07) is 16.4. The minimum absolute atomic E-state index is 0.0461. The van der Waals surface area contributed by atoms with Crippen LogP contribution >= 0.6 is 0 Å². The summed E-state index contributed by atoms with van der Waals surface area (Å²) in [6.45, 7) is 5.17. The average molecular weight is 450 g/mol. The number of amides is 1. The van der Waals surface area contributed by atoms with Crippen molar-refractivity contribution in [3.05, 3.63) is 60.2 Å². The minimum Gasteiger partial charge on any atom is -0.493 e. The second-order valence-electron chi connectivity index (χ2n) is 8.14. The van der Waals surface area contributed by atoms with Gasteiger partial charge in [-0.3, -0.25) is 0 Å². The van der Waals surface area contributed by atoms with Gasteiger partial charge in [-0.2, -0.15) is 4.99 Å². The molecule has 2 aromatic carbocycles. The number of esters is 1. The van der Waals surface area contributed by atoms with E-state index < -0.39 is 17.7 Å². The smallest absolute Gasteiger partial charge is 0.434 e. The summed E-state index contributed by atoms with van der Waals surface area (Å²) in [5.41, 5.74) is 0.695. The molecule has 0 aliphatic heterocycles. The predicted octanol–water partition coefficient (Wildman–Crippen LogP) is 5.13. The zero-order valence-electron chi connectivity index (χ0n) is 19.2. The van der Waals surface area contributed by atoms with E-state index in [9.17, 15) is 9.59 Å². The van der Waals surface area contributed by atoms with E-state index in [1.807, 2.05) is 30.3 Å². The molecule has 1 amide bonds. The quantitative estimate of drug-likeness (QED) is 0.379. The molecule has 8 nitrogen and oxygen atoms in total. The number of methoxy groups -OCH3 is 2. The van der Waals surface area contributed by atoms with E-state index in [0.717, 1.165) is 10.9 Å². The number of aromatic nitrogens is 1. The fourth-order valence-corrected chi connectivity index (χ4v) is 3.00. The van der Waals surface area contributed by atoms with Gasteiger partial charge in [0.15, 0.2) is 11.5 Å². The van der Waals surface area contributed by atoms with E-state index in [-0.39, 0.29) is 12.1 Å². The lowest BCUT2D eigenvalue weighted by Crippen LogP contribution is -2.25. The van der Waals surface area contributed by atoms with E-state index in [2.05, 4.69) is 9.98 Å². The number of carbonyl (C=O) groups excluding carboxylic acids is 2. The zero-order valence-corrected chi connectivity index (χ0v) is 19.2. The van der Waals surface area contributed by atoms with Crippen LogP contribution < -0.4 is 9.47 Å². The first kappa shape index (κ1) is 23.7. The van der Waals surface area contributed by atoms with Crippen LogP contribution in [0.4, 0.5) is 4.79 Å². The van der Waals surface area contributed by atoms with Gasteiger partial charge in [-0.15, -0.1) is 0 Å². The predicted molar refractivity (Wildman–Crippen MR) is 124 cm³/mol. The third-order valence-corrected chi connectivity index (χ3v) is 4.42. The fourth-order valence-electron chi connectivity index (χ4n) is 3.00. The number of aliphatic imine (C=N–C) groups is 1. The summed E-state index contributed by atoms with van der Waals surface area (Å²) in [7, 11) is 2.81. The molecule has 1 heterocycles. The average Bonchev–Trinajstić information content (AvgIpc) is 2.77. The molecule has 0 unspecified atom stereocenters. The number of fused-ring (bicyclic) bond motifs is 1. The minimum atomic E-state index is -0.844. The van der Waals surface area contributed by atoms with Crippen LogP contribution in [0, 0.1) is 0 Å². The molecule has 0 saturated heterocycles. The Labute approximate surface area is 192 Å². The number of benzene rings is 2. The van der Waals surface area contributed by atoms with Crippen molar-refractivity contribution < 1.29 is 28.5 Å². The number of pyridine rings is 1. The Balaban J connectivity index is 1.83. The van der Waals surface area contributed by atoms with Gasteiger partial charge in [-0.1, -0.05) is 18.2 Å². The number of carbonyl (C=O) groups is 2. The molecule has 8 heteroatoms. The van der Waals surface area contributed by atoms with E-state index in [4.69, 9.17) is 18.9 Å². The normalized spacial score (nSPS) is 11.7. The maximum Gasteiger partial charge on any atom is 0.434 e. The molecule has 0 fully saturated rings. The highest BCUT2D eigenvalue weighted by Gasteiger charge is 2.20. The Kier molecular flexibility index (Phi) is 7.27. The Morgan fingerprint density at radius 2 is 1.70 bits per heavy atom. The Bertz CT molecular complexity index is 1200. The molecule has 1 aromatic heterocycles. The molecule has 172 valence electrons. The third-order valence-electron chi connectivity index (χ3n) is 4.42. The van der Waals surface area contributed by atoms with Crippen molar-refractivity contribution in [2.24, 2.45) is 4.99 Å². The number of rotatable bonds is 6. The van der Waals surface area contributed by atoms with Gasteiger partial charge >= 0.3 is 12.1 Å². The molecule has 33 heavy (non-hydrogen) atoms. The van der Waals surface area contributed by atoms with E-state index >= 15 is 0 Å². The number of para-hydroxylation sites is 2. The topological polar surface area (TPSA) is 96.3 Å². The van der Waals surface area contributed by atoms with Crippen LogP contribution in [0.3, 0.4) is 0 Å². The molecule has 0 atom stereocenters. The first-order valence-corrected chi connectivity index (χ1v) is 10.3. The summed E-state index contributed by atoms with van der Waals surface area (Å²) >= 11 is 0. The van der Waals surface area contributed by atoms with Crippen molar-refractivity contribution in [2.75, 3.05) is 14.2 Å². The number of hydrogen-bond acceptors (Lipinski definition) is 7. The highest BCUT2D eigenvalue weighted by molar-refractivity contribution is 6.38. The molecule has 3 rings (SSSR count). The Hall–Kier alpha value is -3.94. The number of nitrogens with zero attached hydrogens (tertiary/aromatic N) is 2. The summed E-state index contributed by atoms with van der Waals surface area (Å²) in [6.07, 6.45) is -0.745. The van der Waals surface area contributed by atoms with E-state index in [1.165, 1.54) is 7.11 Å². The highest BCUT2D eigenvalue weighted by atomic mass is 16.6. The molecular weight excluding hydrogens is 424 g/mol. The van der Waals surface area contributed by atoms with Gasteiger partial charge < -0.3 is 18.9 Å². The van der Waals surface area contributed by atoms with Gasteiger partial charge in [0.25, 0.3) is 0 Å². The molecule has 0 aliphatic rings. The van der Waals surface area contributed by atoms with E-state index in [0.29, 0.717) is 22.9 Å². The van der Waals surface area contributed by atoms with Crippen molar-refractivity contribution in [1.82, 2.24) is 4.98 Å². The first-order valence-electron chi connectivity index (χ1n) is 10.3. The van der Waals surface area contributed by atoms with Gasteiger partial charge in [0.1, 0.15) is 11.3 Å². The van der Waals surface area contributed by atoms with Crippen LogP contribution in [0.15, 0.2) is 59.6 Å². The van der Waals surface area contributed by atoms with Crippen LogP contribution in [0.1, 0.15) is 26.3 Å². The summed E-state index contributed by atoms with van der Waals surface area (Å²) in [5.74, 6) is 0.889. The van der Waals surface area contributed by atoms with Crippen LogP contribution in [-0.4, -0.2) is 42.6 Å². The van der Waals surface area contributed by atoms with Crippen LogP contribution in [0.5, 0.6) is 17.4 Å². The standard InChI is InChI=1S/C25H26N2O6/c1-25(2,3)33-24(29)27-19(23(28)31-5)15-16-10-12-18-17(14-16)11-13-22(26-18)32-21-9-7-6-8-20(21)30-4/h6-14H,15H2,1-5H3. The van der Waals surface area contributed by atoms with Gasteiger partial charge in [-0.05, 0) is 56.7 Å². The van der Waals surface area contributed by atoms with Gasteiger partial charge in [0, 0.05) is 17.9 Å². The van der Waals surface area contributed by atoms with Crippen molar-refractivity contribution in [1.29, 1.82) is 0 Å². The number of hydrogen-bond donors (Lipinski definition) is 0. The highest BCUT2D eigenvalue weighted by Crippen LogP contribution is 2.31. The fraction of sp³-hybridized carbons (Fsp3) is 0.280. The molecule has 0 N–H and O–H groups in total. The molecule has 0 bridgehead atoms. The number of ether oxygens (including phenoxy) is 4. The van der Waals surface area contributed by atoms with Gasteiger partial charge in [0.05, 0.1) is 19.7 Å². The molecule has 0 radical (unpaired) electrons. The van der Waals surface area contributed by atoms with Gasteiger partial charge in [-0.25, -0.2) is 14.6 Å². The molecule has 3 aromatic rings. The summed E-state index contributed by atoms with van der Waals surface area (Å²) < 4.78 is 21.1. The van der Waals surface area contributed by atoms with Crippen molar-refractivity contribution in [2.45, 2.75) is 32.8 Å². The first-order chi connectivity index (χ1) is 15.7. The Morgan fingerprint density at radius 1 is 0.970 bits per heavy atom. The monoisotopic (exact) mass is 450 g/mol. The lowest BCUT2D eigenvalue weighted by atomic mass is 10.1. The summed E-state index contributed by atoms with van der Waals surface area (Å²) in [5, 5.41) is 0.835. The SMILES string of the molecule is COC(=O)C(Cc1ccc2nc(Oc3ccccc3OC)ccc2c1)=NC(=O)OC(C)(C)C. The molecule has 0 spiro atoms. The largest absolute Gasteiger partial charge is 0.493 e. The molecular formula is C25H26N2O6. The lowest BCUT2D eigenvalue weighted by Gasteiger charge is -2.17.